The van der Waals surface area contributed by atoms with E-state index in [1.54, 1.807) is 0 Å². The highest BCUT2D eigenvalue weighted by atomic mass is 32.2. The lowest BCUT2D eigenvalue weighted by molar-refractivity contribution is 0.221. The van der Waals surface area contributed by atoms with Gasteiger partial charge in [0.05, 0.1) is 11.5 Å². The standard InChI is InChI=1S/C15H22N2O4S/c1-10-4-5-11(2)14(12(10)3)21-9-16-15(18)17-13-6-7-22(19,20)8-13/h4-5,13H,6-9H2,1-3H3,(H2,16,17,18). The highest BCUT2D eigenvalue weighted by Gasteiger charge is 2.28. The van der Waals surface area contributed by atoms with Crippen molar-refractivity contribution in [3.05, 3.63) is 28.8 Å². The van der Waals surface area contributed by atoms with E-state index in [-0.39, 0.29) is 24.3 Å². The van der Waals surface area contributed by atoms with E-state index in [0.29, 0.717) is 6.42 Å². The first-order valence-corrected chi connectivity index (χ1v) is 9.05. The van der Waals surface area contributed by atoms with Crippen LogP contribution in [0.3, 0.4) is 0 Å². The Bertz CT molecular complexity index is 670. The highest BCUT2D eigenvalue weighted by molar-refractivity contribution is 7.91. The maximum Gasteiger partial charge on any atom is 0.317 e. The summed E-state index contributed by atoms with van der Waals surface area (Å²) in [6.45, 7) is 5.96. The Morgan fingerprint density at radius 2 is 1.95 bits per heavy atom. The van der Waals surface area contributed by atoms with E-state index in [4.69, 9.17) is 4.74 Å². The van der Waals surface area contributed by atoms with E-state index in [1.807, 2.05) is 32.9 Å². The first-order chi connectivity index (χ1) is 10.3. The Hall–Kier alpha value is -1.76. The first kappa shape index (κ1) is 16.6. The summed E-state index contributed by atoms with van der Waals surface area (Å²) < 4.78 is 28.3. The molecule has 1 atom stereocenters. The SMILES string of the molecule is Cc1ccc(C)c(OCNC(=O)NC2CCS(=O)(=O)C2)c1C. The minimum absolute atomic E-state index is 0.0113. The third-order valence-corrected chi connectivity index (χ3v) is 5.66. The molecule has 1 aliphatic rings. The maximum atomic E-state index is 11.7. The average Bonchev–Trinajstić information content (AvgIpc) is 2.77. The van der Waals surface area contributed by atoms with Crippen LogP contribution in [0.4, 0.5) is 4.79 Å². The zero-order valence-electron chi connectivity index (χ0n) is 13.1. The number of carbonyl (C=O) groups is 1. The third-order valence-electron chi connectivity index (χ3n) is 3.89. The van der Waals surface area contributed by atoms with Gasteiger partial charge in [0, 0.05) is 6.04 Å². The normalized spacial score (nSPS) is 19.7. The minimum atomic E-state index is -2.99. The number of ether oxygens (including phenoxy) is 1. The molecule has 0 radical (unpaired) electrons. The van der Waals surface area contributed by atoms with Gasteiger partial charge in [-0.3, -0.25) is 0 Å². The molecule has 2 N–H and O–H groups in total. The average molecular weight is 326 g/mol. The predicted molar refractivity (Wildman–Crippen MR) is 84.9 cm³/mol. The number of nitrogens with one attached hydrogen (secondary N) is 2. The van der Waals surface area contributed by atoms with Gasteiger partial charge in [-0.25, -0.2) is 13.2 Å². The van der Waals surface area contributed by atoms with Gasteiger partial charge < -0.3 is 15.4 Å². The molecule has 122 valence electrons. The van der Waals surface area contributed by atoms with Crippen LogP contribution in [0.5, 0.6) is 5.75 Å². The number of aryl methyl sites for hydroxylation is 2. The van der Waals surface area contributed by atoms with Crippen molar-refractivity contribution in [1.29, 1.82) is 0 Å². The molecule has 2 amide bonds. The van der Waals surface area contributed by atoms with E-state index in [9.17, 15) is 13.2 Å². The number of carbonyl (C=O) groups excluding carboxylic acids is 1. The summed E-state index contributed by atoms with van der Waals surface area (Å²) in [6, 6.07) is 3.27. The molecule has 0 aromatic heterocycles. The topological polar surface area (TPSA) is 84.5 Å². The minimum Gasteiger partial charge on any atom is -0.473 e. The van der Waals surface area contributed by atoms with Gasteiger partial charge >= 0.3 is 6.03 Å². The molecule has 7 heteroatoms. The van der Waals surface area contributed by atoms with Crippen molar-refractivity contribution >= 4 is 15.9 Å². The lowest BCUT2D eigenvalue weighted by Crippen LogP contribution is -2.43. The van der Waals surface area contributed by atoms with E-state index < -0.39 is 15.9 Å². The molecule has 1 aromatic rings. The van der Waals surface area contributed by atoms with Crippen molar-refractivity contribution in [1.82, 2.24) is 10.6 Å². The van der Waals surface area contributed by atoms with Gasteiger partial charge in [0.1, 0.15) is 5.75 Å². The molecule has 0 bridgehead atoms. The van der Waals surface area contributed by atoms with Crippen molar-refractivity contribution in [2.45, 2.75) is 33.2 Å². The molecular weight excluding hydrogens is 304 g/mol. The largest absolute Gasteiger partial charge is 0.473 e. The van der Waals surface area contributed by atoms with E-state index in [1.165, 1.54) is 0 Å². The zero-order valence-corrected chi connectivity index (χ0v) is 13.9. The van der Waals surface area contributed by atoms with Gasteiger partial charge in [-0.15, -0.1) is 0 Å². The van der Waals surface area contributed by atoms with Gasteiger partial charge in [-0.2, -0.15) is 0 Å². The molecule has 1 unspecified atom stereocenters. The smallest absolute Gasteiger partial charge is 0.317 e. The number of benzene rings is 1. The number of hydrogen-bond donors (Lipinski definition) is 2. The lowest BCUT2D eigenvalue weighted by Gasteiger charge is -2.16. The van der Waals surface area contributed by atoms with Crippen molar-refractivity contribution in [2.24, 2.45) is 0 Å². The number of rotatable bonds is 4. The second-order valence-electron chi connectivity index (χ2n) is 5.69. The van der Waals surface area contributed by atoms with Crippen molar-refractivity contribution in [2.75, 3.05) is 18.2 Å². The van der Waals surface area contributed by atoms with Crippen LogP contribution in [-0.2, 0) is 9.84 Å². The number of urea groups is 1. The molecule has 1 fully saturated rings. The molecule has 1 aromatic carbocycles. The summed E-state index contributed by atoms with van der Waals surface area (Å²) in [4.78, 5) is 11.7. The fraction of sp³-hybridized carbons (Fsp3) is 0.533. The van der Waals surface area contributed by atoms with Crippen LogP contribution >= 0.6 is 0 Å². The molecule has 6 nitrogen and oxygen atoms in total. The molecule has 2 rings (SSSR count). The molecule has 1 heterocycles. The van der Waals surface area contributed by atoms with Gasteiger partial charge in [0.25, 0.3) is 0 Å². The van der Waals surface area contributed by atoms with Crippen LogP contribution in [0, 0.1) is 20.8 Å². The predicted octanol–water partition coefficient (Wildman–Crippen LogP) is 1.43. The summed E-state index contributed by atoms with van der Waals surface area (Å²) in [5.41, 5.74) is 3.18. The van der Waals surface area contributed by atoms with Crippen LogP contribution in [0.2, 0.25) is 0 Å². The monoisotopic (exact) mass is 326 g/mol. The van der Waals surface area contributed by atoms with Gasteiger partial charge in [-0.05, 0) is 43.9 Å². The molecule has 0 saturated carbocycles. The second-order valence-corrected chi connectivity index (χ2v) is 7.92. The first-order valence-electron chi connectivity index (χ1n) is 7.23. The lowest BCUT2D eigenvalue weighted by atomic mass is 10.1. The summed E-state index contributed by atoms with van der Waals surface area (Å²) in [7, 11) is -2.99. The third kappa shape index (κ3) is 4.13. The Morgan fingerprint density at radius 3 is 2.59 bits per heavy atom. The van der Waals surface area contributed by atoms with Crippen LogP contribution in [0.25, 0.3) is 0 Å². The maximum absolute atomic E-state index is 11.7. The highest BCUT2D eigenvalue weighted by Crippen LogP contribution is 2.25. The van der Waals surface area contributed by atoms with Crippen LogP contribution in [0.15, 0.2) is 12.1 Å². The Morgan fingerprint density at radius 1 is 1.27 bits per heavy atom. The molecule has 1 aliphatic heterocycles. The van der Waals surface area contributed by atoms with E-state index >= 15 is 0 Å². The molecule has 22 heavy (non-hydrogen) atoms. The van der Waals surface area contributed by atoms with E-state index in [2.05, 4.69) is 10.6 Å². The van der Waals surface area contributed by atoms with Crippen LogP contribution in [0.1, 0.15) is 23.1 Å². The number of sulfone groups is 1. The summed E-state index contributed by atoms with van der Waals surface area (Å²) >= 11 is 0. The quantitative estimate of drug-likeness (QED) is 0.820. The fourth-order valence-corrected chi connectivity index (χ4v) is 4.14. The van der Waals surface area contributed by atoms with Crippen molar-refractivity contribution in [3.63, 3.8) is 0 Å². The number of hydrogen-bond acceptors (Lipinski definition) is 4. The Kier molecular flexibility index (Phi) is 4.95. The summed E-state index contributed by atoms with van der Waals surface area (Å²) in [5, 5.41) is 5.24. The van der Waals surface area contributed by atoms with Gasteiger partial charge in [-0.1, -0.05) is 12.1 Å². The molecule has 0 spiro atoms. The summed E-state index contributed by atoms with van der Waals surface area (Å²) in [6.07, 6.45) is 0.465. The van der Waals surface area contributed by atoms with Crippen molar-refractivity contribution < 1.29 is 17.9 Å². The Labute approximate surface area is 131 Å². The zero-order chi connectivity index (χ0) is 16.3. The molecule has 1 saturated heterocycles. The van der Waals surface area contributed by atoms with Gasteiger partial charge in [0.15, 0.2) is 16.6 Å². The Balaban J connectivity index is 1.82. The van der Waals surface area contributed by atoms with Crippen LogP contribution in [-0.4, -0.2) is 38.7 Å². The number of amides is 2. The second kappa shape index (κ2) is 6.56. The van der Waals surface area contributed by atoms with Crippen LogP contribution < -0.4 is 15.4 Å². The molecular formula is C15H22N2O4S. The van der Waals surface area contributed by atoms with Crippen molar-refractivity contribution in [3.8, 4) is 5.75 Å². The summed E-state index contributed by atoms with van der Waals surface area (Å²) in [5.74, 6) is 0.914. The van der Waals surface area contributed by atoms with Gasteiger partial charge in [0.2, 0.25) is 0 Å². The molecule has 0 aliphatic carbocycles. The fourth-order valence-electron chi connectivity index (χ4n) is 2.47. The van der Waals surface area contributed by atoms with E-state index in [0.717, 1.165) is 22.4 Å².